The Bertz CT molecular complexity index is 629. The van der Waals surface area contributed by atoms with Crippen LogP contribution in [0, 0.1) is 11.8 Å². The summed E-state index contributed by atoms with van der Waals surface area (Å²) in [4.78, 5) is 19.8. The first-order valence-corrected chi connectivity index (χ1v) is 5.89. The molecule has 0 spiro atoms. The van der Waals surface area contributed by atoms with Gasteiger partial charge in [0.25, 0.3) is 5.91 Å². The van der Waals surface area contributed by atoms with E-state index in [1.165, 1.54) is 12.5 Å². The van der Waals surface area contributed by atoms with Gasteiger partial charge in [-0.1, -0.05) is 17.0 Å². The Hall–Kier alpha value is -2.72. The van der Waals surface area contributed by atoms with Gasteiger partial charge in [0, 0.05) is 19.2 Å². The molecule has 7 heteroatoms. The number of amides is 1. The molecule has 0 aliphatic rings. The van der Waals surface area contributed by atoms with Crippen LogP contribution in [0.4, 0.5) is 0 Å². The summed E-state index contributed by atoms with van der Waals surface area (Å²) in [5.74, 6) is 5.28. The Kier molecular flexibility index (Phi) is 4.81. The molecule has 0 aliphatic carbocycles. The summed E-state index contributed by atoms with van der Waals surface area (Å²) in [7, 11) is 0. The van der Waals surface area contributed by atoms with Crippen LogP contribution in [0.5, 0.6) is 0 Å². The van der Waals surface area contributed by atoms with E-state index < -0.39 is 0 Å². The van der Waals surface area contributed by atoms with Crippen molar-refractivity contribution in [3.8, 4) is 11.8 Å². The third kappa shape index (κ3) is 3.63. The molecular weight excluding hydrogens is 260 g/mol. The van der Waals surface area contributed by atoms with Gasteiger partial charge in [-0.25, -0.2) is 4.98 Å². The van der Waals surface area contributed by atoms with Crippen molar-refractivity contribution in [3.63, 3.8) is 0 Å². The molecule has 2 rings (SSSR count). The summed E-state index contributed by atoms with van der Waals surface area (Å²) >= 11 is 0. The van der Waals surface area contributed by atoms with Crippen molar-refractivity contribution in [2.24, 2.45) is 0 Å². The summed E-state index contributed by atoms with van der Waals surface area (Å²) in [5, 5.41) is 14.9. The molecule has 7 nitrogen and oxygen atoms in total. The Morgan fingerprint density at radius 3 is 3.10 bits per heavy atom. The lowest BCUT2D eigenvalue weighted by Gasteiger charge is -2.04. The zero-order valence-electron chi connectivity index (χ0n) is 10.5. The lowest BCUT2D eigenvalue weighted by atomic mass is 10.2. The van der Waals surface area contributed by atoms with E-state index in [1.807, 2.05) is 0 Å². The van der Waals surface area contributed by atoms with Crippen LogP contribution in [0.2, 0.25) is 0 Å². The number of nitrogens with one attached hydrogen (secondary N) is 1. The summed E-state index contributed by atoms with van der Waals surface area (Å²) in [6.07, 6.45) is 3.26. The number of hydrogen-bond donors (Lipinski definition) is 2. The number of aromatic nitrogens is 3. The molecule has 2 heterocycles. The highest BCUT2D eigenvalue weighted by Crippen LogP contribution is 2.03. The molecule has 0 bridgehead atoms. The van der Waals surface area contributed by atoms with E-state index in [1.54, 1.807) is 12.1 Å². The second-order valence-electron chi connectivity index (χ2n) is 3.70. The van der Waals surface area contributed by atoms with Gasteiger partial charge in [-0.3, -0.25) is 4.79 Å². The second-order valence-corrected chi connectivity index (χ2v) is 3.70. The lowest BCUT2D eigenvalue weighted by Crippen LogP contribution is -2.27. The Balaban J connectivity index is 1.98. The number of carbonyl (C=O) groups excluding carboxylic acids is 1. The van der Waals surface area contributed by atoms with Gasteiger partial charge in [0.15, 0.2) is 6.33 Å². The van der Waals surface area contributed by atoms with Crippen molar-refractivity contribution in [2.75, 3.05) is 13.2 Å². The van der Waals surface area contributed by atoms with E-state index >= 15 is 0 Å². The summed E-state index contributed by atoms with van der Waals surface area (Å²) < 4.78 is 4.82. The highest BCUT2D eigenvalue weighted by Gasteiger charge is 2.11. The fourth-order valence-corrected chi connectivity index (χ4v) is 1.49. The standard InChI is InChI=1S/C13H12N4O3/c18-8-2-4-10-3-1-6-14-12(10)13(19)15-7-5-11-16-9-17-20-11/h1,3,6,9,18H,5,7-8H2,(H,15,19). The number of pyridine rings is 1. The van der Waals surface area contributed by atoms with Crippen molar-refractivity contribution in [1.29, 1.82) is 0 Å². The fraction of sp³-hybridized carbons (Fsp3) is 0.231. The maximum absolute atomic E-state index is 12.0. The number of aliphatic hydroxyl groups is 1. The zero-order valence-corrected chi connectivity index (χ0v) is 10.5. The molecule has 2 N–H and O–H groups in total. The van der Waals surface area contributed by atoms with Gasteiger partial charge in [0.05, 0.1) is 5.56 Å². The molecule has 1 amide bonds. The first-order valence-electron chi connectivity index (χ1n) is 5.89. The average molecular weight is 272 g/mol. The molecule has 102 valence electrons. The van der Waals surface area contributed by atoms with Crippen LogP contribution in [0.25, 0.3) is 0 Å². The second kappa shape index (κ2) is 7.01. The van der Waals surface area contributed by atoms with Crippen LogP contribution in [0.3, 0.4) is 0 Å². The molecule has 0 aromatic carbocycles. The molecule has 2 aromatic heterocycles. The summed E-state index contributed by atoms with van der Waals surface area (Å²) in [6.45, 7) is 0.0809. The van der Waals surface area contributed by atoms with Crippen LogP contribution in [0.1, 0.15) is 21.9 Å². The molecule has 20 heavy (non-hydrogen) atoms. The monoisotopic (exact) mass is 272 g/mol. The highest BCUT2D eigenvalue weighted by atomic mass is 16.5. The van der Waals surface area contributed by atoms with Crippen molar-refractivity contribution in [3.05, 3.63) is 41.8 Å². The molecule has 0 atom stereocenters. The molecular formula is C13H12N4O3. The molecule has 0 unspecified atom stereocenters. The van der Waals surface area contributed by atoms with Gasteiger partial charge < -0.3 is 14.9 Å². The third-order valence-electron chi connectivity index (χ3n) is 2.36. The molecule has 0 saturated carbocycles. The van der Waals surface area contributed by atoms with Crippen molar-refractivity contribution < 1.29 is 14.4 Å². The highest BCUT2D eigenvalue weighted by molar-refractivity contribution is 5.94. The maximum Gasteiger partial charge on any atom is 0.271 e. The van der Waals surface area contributed by atoms with Gasteiger partial charge in [-0.2, -0.15) is 4.98 Å². The minimum atomic E-state index is -0.340. The van der Waals surface area contributed by atoms with E-state index in [0.717, 1.165) is 0 Å². The summed E-state index contributed by atoms with van der Waals surface area (Å²) in [5.41, 5.74) is 0.691. The Morgan fingerprint density at radius 2 is 2.35 bits per heavy atom. The van der Waals surface area contributed by atoms with Crippen LogP contribution in [-0.4, -0.2) is 39.3 Å². The number of rotatable bonds is 4. The normalized spacial score (nSPS) is 9.65. The first-order chi connectivity index (χ1) is 9.81. The van der Waals surface area contributed by atoms with Gasteiger partial charge in [0.2, 0.25) is 5.89 Å². The molecule has 0 fully saturated rings. The van der Waals surface area contributed by atoms with Crippen molar-refractivity contribution >= 4 is 5.91 Å². The largest absolute Gasteiger partial charge is 0.384 e. The quantitative estimate of drug-likeness (QED) is 0.746. The van der Waals surface area contributed by atoms with Gasteiger partial charge in [0.1, 0.15) is 12.3 Å². The van der Waals surface area contributed by atoms with E-state index in [9.17, 15) is 4.79 Å². The number of hydrogen-bond acceptors (Lipinski definition) is 6. The topological polar surface area (TPSA) is 101 Å². The van der Waals surface area contributed by atoms with E-state index in [4.69, 9.17) is 9.63 Å². The number of nitrogens with zero attached hydrogens (tertiary/aromatic N) is 3. The predicted molar refractivity (Wildman–Crippen MR) is 68.5 cm³/mol. The molecule has 0 saturated heterocycles. The molecule has 0 radical (unpaired) electrons. The van der Waals surface area contributed by atoms with Gasteiger partial charge >= 0.3 is 0 Å². The maximum atomic E-state index is 12.0. The lowest BCUT2D eigenvalue weighted by molar-refractivity contribution is 0.0948. The number of carbonyl (C=O) groups is 1. The fourth-order valence-electron chi connectivity index (χ4n) is 1.49. The average Bonchev–Trinajstić information content (AvgIpc) is 2.98. The predicted octanol–water partition coefficient (Wildman–Crippen LogP) is -0.219. The van der Waals surface area contributed by atoms with Crippen molar-refractivity contribution in [1.82, 2.24) is 20.4 Å². The van der Waals surface area contributed by atoms with Crippen LogP contribution < -0.4 is 5.32 Å². The van der Waals surface area contributed by atoms with Crippen LogP contribution >= 0.6 is 0 Å². The van der Waals surface area contributed by atoms with E-state index in [0.29, 0.717) is 24.4 Å². The smallest absolute Gasteiger partial charge is 0.271 e. The van der Waals surface area contributed by atoms with Gasteiger partial charge in [-0.15, -0.1) is 0 Å². The third-order valence-corrected chi connectivity index (χ3v) is 2.36. The van der Waals surface area contributed by atoms with Crippen LogP contribution in [-0.2, 0) is 6.42 Å². The first kappa shape index (κ1) is 13.7. The minimum Gasteiger partial charge on any atom is -0.384 e. The number of aliphatic hydroxyl groups excluding tert-OH is 1. The van der Waals surface area contributed by atoms with E-state index in [-0.39, 0.29) is 18.2 Å². The van der Waals surface area contributed by atoms with Crippen LogP contribution in [0.15, 0.2) is 29.2 Å². The Morgan fingerprint density at radius 1 is 1.45 bits per heavy atom. The SMILES string of the molecule is O=C(NCCc1ncno1)c1ncccc1C#CCO. The molecule has 2 aromatic rings. The van der Waals surface area contributed by atoms with E-state index in [2.05, 4.69) is 32.3 Å². The van der Waals surface area contributed by atoms with Crippen molar-refractivity contribution in [2.45, 2.75) is 6.42 Å². The Labute approximate surface area is 115 Å². The summed E-state index contributed by atoms with van der Waals surface area (Å²) in [6, 6.07) is 3.35. The zero-order chi connectivity index (χ0) is 14.2. The van der Waals surface area contributed by atoms with Gasteiger partial charge in [-0.05, 0) is 12.1 Å². The minimum absolute atomic E-state index is 0.221. The molecule has 0 aliphatic heterocycles.